The molecule has 0 aromatic rings. The van der Waals surface area contributed by atoms with Crippen molar-refractivity contribution < 1.29 is 9.90 Å². The summed E-state index contributed by atoms with van der Waals surface area (Å²) in [5, 5.41) is 16.1. The number of hydrogen-bond donors (Lipinski definition) is 3. The van der Waals surface area contributed by atoms with Gasteiger partial charge in [0.1, 0.15) is 0 Å². The largest absolute Gasteiger partial charge is 0.393 e. The first-order valence-corrected chi connectivity index (χ1v) is 8.88. The Morgan fingerprint density at radius 1 is 1.40 bits per heavy atom. The topological polar surface area (TPSA) is 61.4 Å². The highest BCUT2D eigenvalue weighted by atomic mass is 32.2. The summed E-state index contributed by atoms with van der Waals surface area (Å²) in [6.07, 6.45) is 7.21. The number of carbonyl (C=O) groups excluding carboxylic acids is 1. The number of urea groups is 1. The molecular weight excluding hydrogens is 272 g/mol. The fourth-order valence-electron chi connectivity index (χ4n) is 2.95. The van der Waals surface area contributed by atoms with Crippen molar-refractivity contribution in [1.82, 2.24) is 10.6 Å². The minimum atomic E-state index is -0.339. The lowest BCUT2D eigenvalue weighted by molar-refractivity contribution is 0.128. The Labute approximate surface area is 127 Å². The van der Waals surface area contributed by atoms with Gasteiger partial charge in [-0.3, -0.25) is 0 Å². The van der Waals surface area contributed by atoms with Gasteiger partial charge in [-0.2, -0.15) is 11.8 Å². The molecule has 4 nitrogen and oxygen atoms in total. The average molecular weight is 302 g/mol. The van der Waals surface area contributed by atoms with Crippen LogP contribution in [0.5, 0.6) is 0 Å². The van der Waals surface area contributed by atoms with Crippen LogP contribution in [0.2, 0.25) is 0 Å². The van der Waals surface area contributed by atoms with Crippen LogP contribution in [0.1, 0.15) is 52.9 Å². The third kappa shape index (κ3) is 6.35. The van der Waals surface area contributed by atoms with Crippen molar-refractivity contribution in [3.05, 3.63) is 0 Å². The highest BCUT2D eigenvalue weighted by Gasteiger charge is 2.26. The molecule has 118 valence electrons. The number of nitrogens with one attached hydrogen (secondary N) is 2. The van der Waals surface area contributed by atoms with E-state index in [1.54, 1.807) is 6.92 Å². The lowest BCUT2D eigenvalue weighted by atomic mass is 9.87. The van der Waals surface area contributed by atoms with Gasteiger partial charge in [0.2, 0.25) is 0 Å². The zero-order valence-corrected chi connectivity index (χ0v) is 14.1. The molecular formula is C15H30N2O2S. The Hall–Kier alpha value is -0.420. The lowest BCUT2D eigenvalue weighted by Crippen LogP contribution is -2.49. The van der Waals surface area contributed by atoms with E-state index in [0.29, 0.717) is 24.3 Å². The monoisotopic (exact) mass is 302 g/mol. The minimum absolute atomic E-state index is 0.0744. The molecule has 1 fully saturated rings. The molecule has 20 heavy (non-hydrogen) atoms. The predicted molar refractivity (Wildman–Crippen MR) is 86.2 cm³/mol. The number of aliphatic hydroxyl groups is 1. The molecule has 0 saturated heterocycles. The zero-order valence-electron chi connectivity index (χ0n) is 13.2. The van der Waals surface area contributed by atoms with E-state index in [1.807, 2.05) is 11.8 Å². The van der Waals surface area contributed by atoms with Gasteiger partial charge >= 0.3 is 6.03 Å². The van der Waals surface area contributed by atoms with Gasteiger partial charge in [-0.05, 0) is 37.9 Å². The van der Waals surface area contributed by atoms with E-state index in [9.17, 15) is 9.90 Å². The van der Waals surface area contributed by atoms with Crippen LogP contribution in [-0.4, -0.2) is 41.3 Å². The quantitative estimate of drug-likeness (QED) is 0.707. The molecule has 1 saturated carbocycles. The van der Waals surface area contributed by atoms with E-state index >= 15 is 0 Å². The summed E-state index contributed by atoms with van der Waals surface area (Å²) in [6, 6.07) is 0.216. The highest BCUT2D eigenvalue weighted by molar-refractivity contribution is 7.99. The number of carbonyl (C=O) groups is 1. The first-order chi connectivity index (χ1) is 9.34. The van der Waals surface area contributed by atoms with E-state index in [2.05, 4.69) is 30.7 Å². The average Bonchev–Trinajstić information content (AvgIpc) is 2.36. The summed E-state index contributed by atoms with van der Waals surface area (Å²) in [4.78, 5) is 12.0. The third-order valence-electron chi connectivity index (χ3n) is 3.90. The van der Waals surface area contributed by atoms with E-state index in [4.69, 9.17) is 0 Å². The second kappa shape index (κ2) is 8.13. The molecule has 3 N–H and O–H groups in total. The summed E-state index contributed by atoms with van der Waals surface area (Å²) in [5.74, 6) is 0. The predicted octanol–water partition coefficient (Wildman–Crippen LogP) is 2.76. The number of amides is 2. The molecule has 0 unspecified atom stereocenters. The van der Waals surface area contributed by atoms with Crippen molar-refractivity contribution in [3.63, 3.8) is 0 Å². The maximum atomic E-state index is 12.0. The standard InChI is InChI=1S/C15H30N2O2S/c1-11(18)9-15(2,3)10-16-14(19)17-12-7-5-6-8-13(12)20-4/h11-13,18H,5-10H2,1-4H3,(H2,16,17,19)/t11-,12+,13+/m0/s1. The van der Waals surface area contributed by atoms with Crippen LogP contribution in [0.25, 0.3) is 0 Å². The normalized spacial score (nSPS) is 25.1. The summed E-state index contributed by atoms with van der Waals surface area (Å²) in [5.41, 5.74) is -0.0863. The summed E-state index contributed by atoms with van der Waals surface area (Å²) in [6.45, 7) is 6.49. The summed E-state index contributed by atoms with van der Waals surface area (Å²) < 4.78 is 0. The van der Waals surface area contributed by atoms with E-state index < -0.39 is 0 Å². The molecule has 0 spiro atoms. The Morgan fingerprint density at radius 3 is 2.65 bits per heavy atom. The number of aliphatic hydroxyl groups excluding tert-OH is 1. The summed E-state index contributed by atoms with van der Waals surface area (Å²) in [7, 11) is 0. The molecule has 5 heteroatoms. The Balaban J connectivity index is 2.35. The molecule has 1 rings (SSSR count). The molecule has 0 heterocycles. The van der Waals surface area contributed by atoms with Crippen LogP contribution in [0, 0.1) is 5.41 Å². The first-order valence-electron chi connectivity index (χ1n) is 7.59. The minimum Gasteiger partial charge on any atom is -0.393 e. The SMILES string of the molecule is CS[C@@H]1CCCC[C@H]1NC(=O)NCC(C)(C)C[C@H](C)O. The van der Waals surface area contributed by atoms with Crippen LogP contribution in [-0.2, 0) is 0 Å². The maximum absolute atomic E-state index is 12.0. The van der Waals surface area contributed by atoms with Crippen molar-refractivity contribution in [1.29, 1.82) is 0 Å². The van der Waals surface area contributed by atoms with E-state index in [-0.39, 0.29) is 17.6 Å². The smallest absolute Gasteiger partial charge is 0.315 e. The van der Waals surface area contributed by atoms with Crippen molar-refractivity contribution >= 4 is 17.8 Å². The molecule has 3 atom stereocenters. The highest BCUT2D eigenvalue weighted by Crippen LogP contribution is 2.27. The van der Waals surface area contributed by atoms with Gasteiger partial charge in [-0.15, -0.1) is 0 Å². The Bertz CT molecular complexity index is 308. The van der Waals surface area contributed by atoms with E-state index in [0.717, 1.165) is 6.42 Å². The molecule has 0 aromatic heterocycles. The Kier molecular flexibility index (Phi) is 7.17. The lowest BCUT2D eigenvalue weighted by Gasteiger charge is -2.32. The van der Waals surface area contributed by atoms with Gasteiger partial charge in [-0.1, -0.05) is 26.7 Å². The number of hydrogen-bond acceptors (Lipinski definition) is 3. The maximum Gasteiger partial charge on any atom is 0.315 e. The van der Waals surface area contributed by atoms with Gasteiger partial charge in [0.25, 0.3) is 0 Å². The van der Waals surface area contributed by atoms with Crippen LogP contribution >= 0.6 is 11.8 Å². The molecule has 1 aliphatic carbocycles. The summed E-state index contributed by atoms with van der Waals surface area (Å²) >= 11 is 1.85. The second-order valence-electron chi connectivity index (χ2n) is 6.71. The van der Waals surface area contributed by atoms with Crippen molar-refractivity contribution in [2.75, 3.05) is 12.8 Å². The molecule has 0 bridgehead atoms. The van der Waals surface area contributed by atoms with Crippen molar-refractivity contribution in [2.24, 2.45) is 5.41 Å². The Morgan fingerprint density at radius 2 is 2.05 bits per heavy atom. The van der Waals surface area contributed by atoms with Crippen molar-refractivity contribution in [3.8, 4) is 0 Å². The fourth-order valence-corrected chi connectivity index (χ4v) is 3.89. The molecule has 2 amide bonds. The van der Waals surface area contributed by atoms with E-state index in [1.165, 1.54) is 19.3 Å². The van der Waals surface area contributed by atoms with Gasteiger partial charge in [-0.25, -0.2) is 4.79 Å². The number of thioether (sulfide) groups is 1. The van der Waals surface area contributed by atoms with Gasteiger partial charge in [0.05, 0.1) is 6.10 Å². The van der Waals surface area contributed by atoms with Gasteiger partial charge in [0.15, 0.2) is 0 Å². The number of rotatable bonds is 6. The van der Waals surface area contributed by atoms with Crippen molar-refractivity contribution in [2.45, 2.75) is 70.3 Å². The van der Waals surface area contributed by atoms with Crippen LogP contribution in [0.3, 0.4) is 0 Å². The molecule has 0 aromatic carbocycles. The van der Waals surface area contributed by atoms with Gasteiger partial charge in [0, 0.05) is 17.8 Å². The molecule has 0 radical (unpaired) electrons. The van der Waals surface area contributed by atoms with Crippen LogP contribution in [0.15, 0.2) is 0 Å². The third-order valence-corrected chi connectivity index (χ3v) is 5.07. The molecule has 1 aliphatic rings. The first kappa shape index (κ1) is 17.6. The zero-order chi connectivity index (χ0) is 15.2. The molecule has 0 aliphatic heterocycles. The van der Waals surface area contributed by atoms with Crippen LogP contribution < -0.4 is 10.6 Å². The second-order valence-corrected chi connectivity index (χ2v) is 7.79. The fraction of sp³-hybridized carbons (Fsp3) is 0.933. The van der Waals surface area contributed by atoms with Crippen LogP contribution in [0.4, 0.5) is 4.79 Å². The van der Waals surface area contributed by atoms with Gasteiger partial charge < -0.3 is 15.7 Å².